The average Bonchev–Trinajstić information content (AvgIpc) is 3.23. The van der Waals surface area contributed by atoms with E-state index in [4.69, 9.17) is 16.3 Å². The number of benzene rings is 2. The molecule has 5 rings (SSSR count). The first-order valence-electron chi connectivity index (χ1n) is 12.3. The summed E-state index contributed by atoms with van der Waals surface area (Å²) in [6, 6.07) is 10.1. The van der Waals surface area contributed by atoms with Gasteiger partial charge in [0.2, 0.25) is 0 Å². The molecule has 1 fully saturated rings. The lowest BCUT2D eigenvalue weighted by Gasteiger charge is -2.17. The number of aromatic hydroxyl groups is 1. The van der Waals surface area contributed by atoms with Gasteiger partial charge in [0.1, 0.15) is 17.7 Å². The number of hydrogen-bond donors (Lipinski definition) is 1. The Kier molecular flexibility index (Phi) is 7.48. The van der Waals surface area contributed by atoms with Crippen molar-refractivity contribution in [3.63, 3.8) is 0 Å². The lowest BCUT2D eigenvalue weighted by atomic mass is 9.92. The topological polar surface area (TPSA) is 58.5 Å². The largest absolute Gasteiger partial charge is 0.508 e. The summed E-state index contributed by atoms with van der Waals surface area (Å²) in [6.45, 7) is 2.08. The van der Waals surface area contributed by atoms with Gasteiger partial charge in [-0.15, -0.1) is 0 Å². The zero-order valence-electron chi connectivity index (χ0n) is 19.9. The third-order valence-electron chi connectivity index (χ3n) is 6.79. The first kappa shape index (κ1) is 24.7. The van der Waals surface area contributed by atoms with Gasteiger partial charge in [-0.2, -0.15) is 0 Å². The molecule has 1 atom stereocenters. The van der Waals surface area contributed by atoms with Crippen molar-refractivity contribution in [2.24, 2.45) is 0 Å². The van der Waals surface area contributed by atoms with Crippen LogP contribution < -0.4 is 4.74 Å². The predicted octanol–water partition coefficient (Wildman–Crippen LogP) is 6.08. The number of phenolic OH excluding ortho intramolecular Hbond substituents is 1. The van der Waals surface area contributed by atoms with Crippen molar-refractivity contribution in [2.75, 3.05) is 26.3 Å². The summed E-state index contributed by atoms with van der Waals surface area (Å²) in [5, 5.41) is 10.2. The molecule has 188 valence electrons. The fourth-order valence-corrected chi connectivity index (χ4v) is 5.20. The van der Waals surface area contributed by atoms with E-state index >= 15 is 0 Å². The van der Waals surface area contributed by atoms with Crippen molar-refractivity contribution in [3.05, 3.63) is 82.1 Å². The summed E-state index contributed by atoms with van der Waals surface area (Å²) in [4.78, 5) is 11.5. The zero-order valence-corrected chi connectivity index (χ0v) is 20.6. The molecule has 5 nitrogen and oxygen atoms in total. The van der Waals surface area contributed by atoms with Crippen molar-refractivity contribution in [1.29, 1.82) is 0 Å². The fraction of sp³-hybridized carbons (Fsp3) is 0.357. The van der Waals surface area contributed by atoms with Gasteiger partial charge in [0, 0.05) is 25.2 Å². The number of likely N-dealkylation sites (tertiary alicyclic amines) is 1. The third kappa shape index (κ3) is 5.37. The number of phenols is 1. The number of rotatable bonds is 7. The highest BCUT2D eigenvalue weighted by Gasteiger charge is 2.25. The van der Waals surface area contributed by atoms with E-state index in [9.17, 15) is 13.9 Å². The maximum atomic E-state index is 14.4. The monoisotopic (exact) mass is 511 g/mol. The number of ether oxygens (including phenoxy) is 1. The van der Waals surface area contributed by atoms with Crippen LogP contribution in [-0.4, -0.2) is 52.4 Å². The Morgan fingerprint density at radius 3 is 2.72 bits per heavy atom. The van der Waals surface area contributed by atoms with Gasteiger partial charge in [-0.3, -0.25) is 9.29 Å². The van der Waals surface area contributed by atoms with Crippen molar-refractivity contribution in [1.82, 2.24) is 14.9 Å². The standard InChI is InChI=1S/C28H28ClF2N3O2/c29-25-8-5-19(14-26(25)31)23-4-1-3-18-13-20(35)6-7-24(18)27(23)28-32-15-22(16-33-28)36-21-9-12-34(17-21)11-2-10-30/h5-8,13-16,21,35H,1-4,9-12,17H2/t21-/m0/s1. The molecule has 36 heavy (non-hydrogen) atoms. The van der Waals surface area contributed by atoms with Crippen LogP contribution in [0.2, 0.25) is 5.02 Å². The molecule has 0 unspecified atom stereocenters. The number of allylic oxidation sites excluding steroid dienone is 1. The molecule has 1 N–H and O–H groups in total. The number of nitrogens with zero attached hydrogens (tertiary/aromatic N) is 3. The molecule has 0 bridgehead atoms. The smallest absolute Gasteiger partial charge is 0.160 e. The van der Waals surface area contributed by atoms with Gasteiger partial charge < -0.3 is 9.84 Å². The predicted molar refractivity (Wildman–Crippen MR) is 136 cm³/mol. The van der Waals surface area contributed by atoms with Gasteiger partial charge in [0.15, 0.2) is 11.6 Å². The lowest BCUT2D eigenvalue weighted by Crippen LogP contribution is -2.26. The molecule has 3 aromatic rings. The Morgan fingerprint density at radius 2 is 1.94 bits per heavy atom. The van der Waals surface area contributed by atoms with Crippen LogP contribution in [0, 0.1) is 5.82 Å². The molecular weight excluding hydrogens is 484 g/mol. The second-order valence-corrected chi connectivity index (χ2v) is 9.70. The maximum Gasteiger partial charge on any atom is 0.160 e. The lowest BCUT2D eigenvalue weighted by molar-refractivity contribution is 0.197. The van der Waals surface area contributed by atoms with Crippen LogP contribution >= 0.6 is 11.6 Å². The molecule has 1 saturated heterocycles. The van der Waals surface area contributed by atoms with Crippen molar-refractivity contribution < 1.29 is 18.6 Å². The number of hydrogen-bond acceptors (Lipinski definition) is 5. The Hall–Kier alpha value is -3.03. The summed E-state index contributed by atoms with van der Waals surface area (Å²) >= 11 is 5.95. The van der Waals surface area contributed by atoms with E-state index in [1.807, 2.05) is 12.1 Å². The molecule has 1 aliphatic carbocycles. The van der Waals surface area contributed by atoms with Gasteiger partial charge in [0.05, 0.1) is 24.1 Å². The Morgan fingerprint density at radius 1 is 1.11 bits per heavy atom. The average molecular weight is 512 g/mol. The highest BCUT2D eigenvalue weighted by atomic mass is 35.5. The molecule has 0 radical (unpaired) electrons. The Bertz CT molecular complexity index is 1270. The summed E-state index contributed by atoms with van der Waals surface area (Å²) in [6.07, 6.45) is 7.09. The quantitative estimate of drug-likeness (QED) is 0.416. The number of halogens is 3. The summed E-state index contributed by atoms with van der Waals surface area (Å²) in [5.41, 5.74) is 4.40. The number of aromatic nitrogens is 2. The first-order chi connectivity index (χ1) is 17.5. The van der Waals surface area contributed by atoms with Gasteiger partial charge in [-0.25, -0.2) is 14.4 Å². The van der Waals surface area contributed by atoms with E-state index in [0.717, 1.165) is 66.7 Å². The molecular formula is C28H28ClF2N3O2. The Balaban J connectivity index is 1.48. The van der Waals surface area contributed by atoms with E-state index in [0.29, 0.717) is 24.4 Å². The second kappa shape index (κ2) is 10.9. The van der Waals surface area contributed by atoms with Crippen molar-refractivity contribution in [2.45, 2.75) is 38.2 Å². The normalized spacial score (nSPS) is 18.2. The van der Waals surface area contributed by atoms with Gasteiger partial charge in [-0.05, 0) is 78.6 Å². The van der Waals surface area contributed by atoms with Gasteiger partial charge in [0.25, 0.3) is 0 Å². The van der Waals surface area contributed by atoms with E-state index in [-0.39, 0.29) is 23.6 Å². The van der Waals surface area contributed by atoms with Crippen LogP contribution in [0.4, 0.5) is 8.78 Å². The van der Waals surface area contributed by atoms with Crippen LogP contribution in [0.5, 0.6) is 11.5 Å². The summed E-state index contributed by atoms with van der Waals surface area (Å²) in [5.74, 6) is 0.821. The minimum Gasteiger partial charge on any atom is -0.508 e. The van der Waals surface area contributed by atoms with E-state index in [1.165, 1.54) is 6.07 Å². The van der Waals surface area contributed by atoms with Crippen LogP contribution in [0.25, 0.3) is 11.1 Å². The second-order valence-electron chi connectivity index (χ2n) is 9.29. The molecule has 2 aromatic carbocycles. The minimum atomic E-state index is -0.474. The van der Waals surface area contributed by atoms with E-state index in [2.05, 4.69) is 14.9 Å². The van der Waals surface area contributed by atoms with Crippen LogP contribution in [0.3, 0.4) is 0 Å². The zero-order chi connectivity index (χ0) is 25.1. The highest BCUT2D eigenvalue weighted by molar-refractivity contribution is 6.30. The van der Waals surface area contributed by atoms with Crippen molar-refractivity contribution in [3.8, 4) is 11.5 Å². The van der Waals surface area contributed by atoms with Crippen LogP contribution in [-0.2, 0) is 6.42 Å². The Labute approximate surface area is 214 Å². The molecule has 0 amide bonds. The van der Waals surface area contributed by atoms with Gasteiger partial charge in [-0.1, -0.05) is 23.7 Å². The molecule has 2 aliphatic rings. The third-order valence-corrected chi connectivity index (χ3v) is 7.10. The fourth-order valence-electron chi connectivity index (χ4n) is 5.08. The SMILES string of the molecule is Oc1ccc2c(c1)CCCC(c1ccc(Cl)c(F)c1)=C2c1ncc(O[C@H]2CCN(CCCF)C2)cn1. The number of fused-ring (bicyclic) bond motifs is 1. The van der Waals surface area contributed by atoms with E-state index < -0.39 is 5.82 Å². The first-order valence-corrected chi connectivity index (χ1v) is 12.7. The summed E-state index contributed by atoms with van der Waals surface area (Å²) in [7, 11) is 0. The van der Waals surface area contributed by atoms with Gasteiger partial charge >= 0.3 is 0 Å². The molecule has 0 saturated carbocycles. The summed E-state index contributed by atoms with van der Waals surface area (Å²) < 4.78 is 33.0. The van der Waals surface area contributed by atoms with Crippen LogP contribution in [0.1, 0.15) is 48.2 Å². The molecule has 1 aromatic heterocycles. The van der Waals surface area contributed by atoms with Crippen LogP contribution in [0.15, 0.2) is 48.8 Å². The molecule has 8 heteroatoms. The number of alkyl halides is 1. The molecule has 2 heterocycles. The molecule has 1 aliphatic heterocycles. The maximum absolute atomic E-state index is 14.4. The number of aryl methyl sites for hydroxylation is 1. The van der Waals surface area contributed by atoms with E-state index in [1.54, 1.807) is 30.6 Å². The van der Waals surface area contributed by atoms with Crippen molar-refractivity contribution >= 4 is 22.7 Å². The highest BCUT2D eigenvalue weighted by Crippen LogP contribution is 2.40. The molecule has 0 spiro atoms. The minimum absolute atomic E-state index is 0.0208.